The number of nitrogens with zero attached hydrogens (tertiary/aromatic N) is 2. The number of rotatable bonds is 4. The van der Waals surface area contributed by atoms with Gasteiger partial charge in [0.1, 0.15) is 5.75 Å². The summed E-state index contributed by atoms with van der Waals surface area (Å²) in [7, 11) is 2.21. The Morgan fingerprint density at radius 2 is 1.71 bits per heavy atom. The Kier molecular flexibility index (Phi) is 4.49. The molecule has 2 saturated heterocycles. The normalized spacial score (nSPS) is 25.9. The molecule has 0 aromatic heterocycles. The number of benzene rings is 1. The van der Waals surface area contributed by atoms with Crippen LogP contribution in [0.1, 0.15) is 42.5 Å². The van der Waals surface area contributed by atoms with Gasteiger partial charge in [-0.1, -0.05) is 12.1 Å². The van der Waals surface area contributed by atoms with Crippen LogP contribution in [0.2, 0.25) is 0 Å². The molecule has 0 radical (unpaired) electrons. The predicted molar refractivity (Wildman–Crippen MR) is 94.3 cm³/mol. The molecule has 3 aliphatic rings. The van der Waals surface area contributed by atoms with Gasteiger partial charge in [-0.2, -0.15) is 0 Å². The summed E-state index contributed by atoms with van der Waals surface area (Å²) >= 11 is 0. The number of likely N-dealkylation sites (tertiary alicyclic amines) is 2. The van der Waals surface area contributed by atoms with Crippen LogP contribution >= 0.6 is 0 Å². The van der Waals surface area contributed by atoms with Crippen molar-refractivity contribution in [2.45, 2.75) is 38.2 Å². The van der Waals surface area contributed by atoms with Crippen molar-refractivity contribution >= 4 is 5.91 Å². The number of para-hydroxylation sites is 1. The maximum atomic E-state index is 13.0. The van der Waals surface area contributed by atoms with Crippen LogP contribution in [0.5, 0.6) is 5.75 Å². The largest absolute Gasteiger partial charge is 0.490 e. The highest BCUT2D eigenvalue weighted by molar-refractivity contribution is 5.97. The molecule has 1 aromatic rings. The molecular formula is C20H28N2O2. The van der Waals surface area contributed by atoms with Gasteiger partial charge < -0.3 is 14.5 Å². The van der Waals surface area contributed by atoms with Crippen molar-refractivity contribution in [1.82, 2.24) is 9.80 Å². The lowest BCUT2D eigenvalue weighted by Crippen LogP contribution is -2.35. The van der Waals surface area contributed by atoms with E-state index in [1.807, 2.05) is 24.3 Å². The van der Waals surface area contributed by atoms with E-state index in [2.05, 4.69) is 16.8 Å². The highest BCUT2D eigenvalue weighted by atomic mass is 16.5. The zero-order valence-corrected chi connectivity index (χ0v) is 14.6. The molecule has 0 N–H and O–H groups in total. The maximum Gasteiger partial charge on any atom is 0.257 e. The van der Waals surface area contributed by atoms with Gasteiger partial charge in [-0.15, -0.1) is 0 Å². The molecule has 0 bridgehead atoms. The molecule has 0 spiro atoms. The molecule has 2 heterocycles. The SMILES string of the molecule is CN1CCC(C2CCN(C(=O)c3ccccc3OC3CC3)C2)CC1. The number of hydrogen-bond donors (Lipinski definition) is 0. The lowest BCUT2D eigenvalue weighted by molar-refractivity contribution is 0.0771. The lowest BCUT2D eigenvalue weighted by atomic mass is 9.84. The van der Waals surface area contributed by atoms with Crippen molar-refractivity contribution in [3.8, 4) is 5.75 Å². The summed E-state index contributed by atoms with van der Waals surface area (Å²) in [6, 6.07) is 7.76. The molecule has 1 saturated carbocycles. The lowest BCUT2D eigenvalue weighted by Gasteiger charge is -2.32. The Morgan fingerprint density at radius 3 is 2.46 bits per heavy atom. The minimum Gasteiger partial charge on any atom is -0.490 e. The third kappa shape index (κ3) is 3.44. The van der Waals surface area contributed by atoms with E-state index in [9.17, 15) is 4.79 Å². The van der Waals surface area contributed by atoms with Gasteiger partial charge in [-0.3, -0.25) is 4.79 Å². The summed E-state index contributed by atoms with van der Waals surface area (Å²) in [5.41, 5.74) is 0.744. The molecule has 1 aromatic carbocycles. The van der Waals surface area contributed by atoms with Crippen LogP contribution in [0.15, 0.2) is 24.3 Å². The van der Waals surface area contributed by atoms with Crippen molar-refractivity contribution in [3.05, 3.63) is 29.8 Å². The Labute approximate surface area is 144 Å². The zero-order valence-electron chi connectivity index (χ0n) is 14.6. The van der Waals surface area contributed by atoms with Crippen LogP contribution < -0.4 is 4.74 Å². The van der Waals surface area contributed by atoms with Crippen molar-refractivity contribution in [3.63, 3.8) is 0 Å². The van der Waals surface area contributed by atoms with Crippen LogP contribution in [0.25, 0.3) is 0 Å². The topological polar surface area (TPSA) is 32.8 Å². The second-order valence-corrected chi connectivity index (χ2v) is 7.75. The monoisotopic (exact) mass is 328 g/mol. The fourth-order valence-electron chi connectivity index (χ4n) is 4.14. The van der Waals surface area contributed by atoms with Gasteiger partial charge in [0.05, 0.1) is 11.7 Å². The number of hydrogen-bond acceptors (Lipinski definition) is 3. The van der Waals surface area contributed by atoms with E-state index in [1.54, 1.807) is 0 Å². The smallest absolute Gasteiger partial charge is 0.257 e. The Bertz CT molecular complexity index is 591. The van der Waals surface area contributed by atoms with Crippen molar-refractivity contribution in [2.24, 2.45) is 11.8 Å². The standard InChI is InChI=1S/C20H28N2O2/c1-21-11-8-15(9-12-21)16-10-13-22(14-16)20(23)18-4-2-3-5-19(18)24-17-6-7-17/h2-5,15-17H,6-14H2,1H3. The molecule has 1 atom stereocenters. The average Bonchev–Trinajstić information content (AvgIpc) is 3.28. The highest BCUT2D eigenvalue weighted by Gasteiger charge is 2.34. The summed E-state index contributed by atoms with van der Waals surface area (Å²) in [6.45, 7) is 4.22. The second-order valence-electron chi connectivity index (χ2n) is 7.75. The van der Waals surface area contributed by atoms with E-state index in [4.69, 9.17) is 4.74 Å². The van der Waals surface area contributed by atoms with E-state index < -0.39 is 0 Å². The number of carbonyl (C=O) groups is 1. The molecule has 1 amide bonds. The van der Waals surface area contributed by atoms with Gasteiger partial charge in [0.25, 0.3) is 5.91 Å². The third-order valence-electron chi connectivity index (χ3n) is 5.88. The molecule has 4 rings (SSSR count). The van der Waals surface area contributed by atoms with Crippen LogP contribution in [-0.4, -0.2) is 55.0 Å². The van der Waals surface area contributed by atoms with Crippen LogP contribution in [0, 0.1) is 11.8 Å². The summed E-state index contributed by atoms with van der Waals surface area (Å²) in [6.07, 6.45) is 6.28. The molecule has 1 unspecified atom stereocenters. The first kappa shape index (κ1) is 15.9. The minimum absolute atomic E-state index is 0.154. The van der Waals surface area contributed by atoms with Crippen LogP contribution in [-0.2, 0) is 0 Å². The van der Waals surface area contributed by atoms with Gasteiger partial charge in [0.15, 0.2) is 0 Å². The maximum absolute atomic E-state index is 13.0. The number of piperidine rings is 1. The van der Waals surface area contributed by atoms with E-state index in [1.165, 1.54) is 25.9 Å². The molecule has 24 heavy (non-hydrogen) atoms. The van der Waals surface area contributed by atoms with E-state index in [0.717, 1.165) is 49.6 Å². The molecule has 2 aliphatic heterocycles. The van der Waals surface area contributed by atoms with Gasteiger partial charge >= 0.3 is 0 Å². The Balaban J connectivity index is 1.40. The first-order valence-electron chi connectivity index (χ1n) is 9.44. The van der Waals surface area contributed by atoms with Crippen LogP contribution in [0.4, 0.5) is 0 Å². The molecule has 130 valence electrons. The molecule has 4 nitrogen and oxygen atoms in total. The minimum atomic E-state index is 0.154. The van der Waals surface area contributed by atoms with Gasteiger partial charge in [-0.05, 0) is 76.2 Å². The number of carbonyl (C=O) groups excluding carboxylic acids is 1. The van der Waals surface area contributed by atoms with E-state index in [-0.39, 0.29) is 5.91 Å². The van der Waals surface area contributed by atoms with Gasteiger partial charge in [-0.25, -0.2) is 0 Å². The second kappa shape index (κ2) is 6.75. The average molecular weight is 328 g/mol. The number of ether oxygens (including phenoxy) is 1. The molecule has 3 fully saturated rings. The first-order valence-corrected chi connectivity index (χ1v) is 9.44. The Morgan fingerprint density at radius 1 is 1.00 bits per heavy atom. The van der Waals surface area contributed by atoms with Crippen LogP contribution in [0.3, 0.4) is 0 Å². The quantitative estimate of drug-likeness (QED) is 0.852. The van der Waals surface area contributed by atoms with E-state index in [0.29, 0.717) is 12.0 Å². The molecule has 1 aliphatic carbocycles. The molecular weight excluding hydrogens is 300 g/mol. The van der Waals surface area contributed by atoms with Crippen molar-refractivity contribution in [1.29, 1.82) is 0 Å². The van der Waals surface area contributed by atoms with Gasteiger partial charge in [0.2, 0.25) is 0 Å². The summed E-state index contributed by atoms with van der Waals surface area (Å²) < 4.78 is 5.94. The molecule has 4 heteroatoms. The Hall–Kier alpha value is -1.55. The third-order valence-corrected chi connectivity index (χ3v) is 5.88. The summed E-state index contributed by atoms with van der Waals surface area (Å²) in [4.78, 5) is 17.5. The predicted octanol–water partition coefficient (Wildman–Crippen LogP) is 3.03. The van der Waals surface area contributed by atoms with Gasteiger partial charge in [0, 0.05) is 13.1 Å². The van der Waals surface area contributed by atoms with Crippen molar-refractivity contribution < 1.29 is 9.53 Å². The summed E-state index contributed by atoms with van der Waals surface area (Å²) in [5, 5.41) is 0. The summed E-state index contributed by atoms with van der Waals surface area (Å²) in [5.74, 6) is 2.39. The number of amides is 1. The van der Waals surface area contributed by atoms with Crippen molar-refractivity contribution in [2.75, 3.05) is 33.2 Å². The first-order chi connectivity index (χ1) is 11.7. The fraction of sp³-hybridized carbons (Fsp3) is 0.650. The van der Waals surface area contributed by atoms with E-state index >= 15 is 0 Å². The fourth-order valence-corrected chi connectivity index (χ4v) is 4.14. The highest BCUT2D eigenvalue weighted by Crippen LogP contribution is 2.34. The zero-order chi connectivity index (χ0) is 16.5.